The normalized spacial score (nSPS) is 14.4. The summed E-state index contributed by atoms with van der Waals surface area (Å²) in [6.45, 7) is 3.98. The van der Waals surface area contributed by atoms with Gasteiger partial charge in [-0.15, -0.1) is 0 Å². The highest BCUT2D eigenvalue weighted by Crippen LogP contribution is 2.28. The first-order chi connectivity index (χ1) is 14.4. The first kappa shape index (κ1) is 22.1. The summed E-state index contributed by atoms with van der Waals surface area (Å²) in [6.07, 6.45) is 3.54. The Morgan fingerprint density at radius 1 is 1.07 bits per heavy atom. The lowest BCUT2D eigenvalue weighted by atomic mass is 10.1. The van der Waals surface area contributed by atoms with E-state index in [0.717, 1.165) is 31.7 Å². The van der Waals surface area contributed by atoms with Gasteiger partial charge in [-0.3, -0.25) is 0 Å². The smallest absolute Gasteiger partial charge is 0.244 e. The molecule has 1 fully saturated rings. The summed E-state index contributed by atoms with van der Waals surface area (Å²) in [5, 5.41) is 0. The molecule has 3 rings (SSSR count). The lowest BCUT2D eigenvalue weighted by molar-refractivity contribution is 0.309. The fourth-order valence-electron chi connectivity index (χ4n) is 3.29. The van der Waals surface area contributed by atoms with Crippen LogP contribution in [0.3, 0.4) is 0 Å². The second kappa shape index (κ2) is 9.94. The summed E-state index contributed by atoms with van der Waals surface area (Å²) >= 11 is 0. The van der Waals surface area contributed by atoms with Crippen LogP contribution in [0.1, 0.15) is 25.1 Å². The van der Waals surface area contributed by atoms with Crippen molar-refractivity contribution in [1.29, 1.82) is 0 Å². The Morgan fingerprint density at radius 3 is 2.53 bits per heavy atom. The topological polar surface area (TPSA) is 103 Å². The number of ether oxygens (including phenoxy) is 3. The molecule has 10 heteroatoms. The van der Waals surface area contributed by atoms with E-state index in [0.29, 0.717) is 17.5 Å². The zero-order valence-electron chi connectivity index (χ0n) is 17.6. The molecule has 30 heavy (non-hydrogen) atoms. The van der Waals surface area contributed by atoms with Crippen molar-refractivity contribution < 1.29 is 22.6 Å². The van der Waals surface area contributed by atoms with E-state index in [1.165, 1.54) is 32.8 Å². The molecule has 0 aliphatic carbocycles. The van der Waals surface area contributed by atoms with Crippen molar-refractivity contribution in [3.63, 3.8) is 0 Å². The summed E-state index contributed by atoms with van der Waals surface area (Å²) in [6, 6.07) is 6.34. The molecule has 0 atom stereocenters. The Hall–Kier alpha value is -2.59. The van der Waals surface area contributed by atoms with Crippen molar-refractivity contribution in [2.75, 3.05) is 45.4 Å². The standard InChI is InChI=1S/C20H28N4O5S/c1-15-22-19(24-10-5-4-6-11-24)14-20(23-15)29-12-9-21-30(25,26)18-8-7-16(27-2)13-17(18)28-3/h7-8,13-14,21H,4-6,9-12H2,1-3H3. The van der Waals surface area contributed by atoms with Gasteiger partial charge in [0.1, 0.15) is 34.6 Å². The van der Waals surface area contributed by atoms with Crippen LogP contribution < -0.4 is 23.8 Å². The van der Waals surface area contributed by atoms with Gasteiger partial charge < -0.3 is 19.1 Å². The number of aryl methyl sites for hydroxylation is 1. The molecule has 0 bridgehead atoms. The predicted molar refractivity (Wildman–Crippen MR) is 113 cm³/mol. The summed E-state index contributed by atoms with van der Waals surface area (Å²) in [4.78, 5) is 11.1. The number of aromatic nitrogens is 2. The van der Waals surface area contributed by atoms with Crippen LogP contribution in [-0.2, 0) is 10.0 Å². The molecule has 9 nitrogen and oxygen atoms in total. The van der Waals surface area contributed by atoms with E-state index < -0.39 is 10.0 Å². The van der Waals surface area contributed by atoms with Crippen LogP contribution in [-0.4, -0.2) is 58.8 Å². The average molecular weight is 437 g/mol. The number of rotatable bonds is 9. The minimum absolute atomic E-state index is 0.0380. The van der Waals surface area contributed by atoms with Gasteiger partial charge in [-0.2, -0.15) is 4.98 Å². The molecule has 0 spiro atoms. The van der Waals surface area contributed by atoms with E-state index >= 15 is 0 Å². The van der Waals surface area contributed by atoms with Crippen LogP contribution in [0.15, 0.2) is 29.2 Å². The first-order valence-electron chi connectivity index (χ1n) is 9.88. The second-order valence-electron chi connectivity index (χ2n) is 6.92. The monoisotopic (exact) mass is 436 g/mol. The zero-order chi connectivity index (χ0) is 21.6. The molecule has 1 aliphatic heterocycles. The number of benzene rings is 1. The van der Waals surface area contributed by atoms with Crippen molar-refractivity contribution in [2.24, 2.45) is 0 Å². The maximum atomic E-state index is 12.6. The third-order valence-corrected chi connectivity index (χ3v) is 6.29. The largest absolute Gasteiger partial charge is 0.497 e. The predicted octanol–water partition coefficient (Wildman–Crippen LogP) is 2.15. The van der Waals surface area contributed by atoms with E-state index in [-0.39, 0.29) is 23.8 Å². The molecule has 2 heterocycles. The molecular weight excluding hydrogens is 408 g/mol. The van der Waals surface area contributed by atoms with Crippen molar-refractivity contribution in [3.8, 4) is 17.4 Å². The molecular formula is C20H28N4O5S. The summed E-state index contributed by atoms with van der Waals surface area (Å²) in [5.74, 6) is 2.62. The summed E-state index contributed by atoms with van der Waals surface area (Å²) < 4.78 is 43.7. The zero-order valence-corrected chi connectivity index (χ0v) is 18.4. The van der Waals surface area contributed by atoms with Gasteiger partial charge in [0, 0.05) is 31.8 Å². The van der Waals surface area contributed by atoms with E-state index in [2.05, 4.69) is 19.6 Å². The van der Waals surface area contributed by atoms with Gasteiger partial charge >= 0.3 is 0 Å². The Kier molecular flexibility index (Phi) is 7.33. The van der Waals surface area contributed by atoms with Gasteiger partial charge in [0.2, 0.25) is 15.9 Å². The summed E-state index contributed by atoms with van der Waals surface area (Å²) in [5.41, 5.74) is 0. The molecule has 2 aromatic rings. The fourth-order valence-corrected chi connectivity index (χ4v) is 4.45. The molecule has 1 aromatic carbocycles. The molecule has 1 saturated heterocycles. The molecule has 1 aromatic heterocycles. The number of nitrogens with one attached hydrogen (secondary N) is 1. The van der Waals surface area contributed by atoms with Crippen LogP contribution in [0.25, 0.3) is 0 Å². The maximum Gasteiger partial charge on any atom is 0.244 e. The number of hydrogen-bond donors (Lipinski definition) is 1. The van der Waals surface area contributed by atoms with Crippen molar-refractivity contribution >= 4 is 15.8 Å². The van der Waals surface area contributed by atoms with Crippen LogP contribution >= 0.6 is 0 Å². The van der Waals surface area contributed by atoms with Crippen molar-refractivity contribution in [3.05, 3.63) is 30.1 Å². The van der Waals surface area contributed by atoms with Crippen molar-refractivity contribution in [1.82, 2.24) is 14.7 Å². The Labute approximate surface area is 177 Å². The van der Waals surface area contributed by atoms with Gasteiger partial charge in [0.25, 0.3) is 0 Å². The molecule has 0 amide bonds. The average Bonchev–Trinajstić information content (AvgIpc) is 2.76. The minimum atomic E-state index is -3.77. The fraction of sp³-hybridized carbons (Fsp3) is 0.500. The van der Waals surface area contributed by atoms with Crippen LogP contribution in [0.5, 0.6) is 17.4 Å². The molecule has 164 valence electrons. The molecule has 0 unspecified atom stereocenters. The van der Waals surface area contributed by atoms with Gasteiger partial charge in [-0.1, -0.05) is 0 Å². The lowest BCUT2D eigenvalue weighted by Crippen LogP contribution is -2.30. The SMILES string of the molecule is COc1ccc(S(=O)(=O)NCCOc2cc(N3CCCCC3)nc(C)n2)c(OC)c1. The second-order valence-corrected chi connectivity index (χ2v) is 8.66. The van der Waals surface area contributed by atoms with E-state index in [1.807, 2.05) is 6.92 Å². The maximum absolute atomic E-state index is 12.6. The quantitative estimate of drug-likeness (QED) is 0.597. The molecule has 0 radical (unpaired) electrons. The number of methoxy groups -OCH3 is 2. The molecule has 0 saturated carbocycles. The van der Waals surface area contributed by atoms with Crippen molar-refractivity contribution in [2.45, 2.75) is 31.1 Å². The van der Waals surface area contributed by atoms with Crippen LogP contribution in [0, 0.1) is 6.92 Å². The first-order valence-corrected chi connectivity index (χ1v) is 11.4. The Morgan fingerprint density at radius 2 is 1.83 bits per heavy atom. The van der Waals surface area contributed by atoms with E-state index in [1.54, 1.807) is 12.1 Å². The molecule has 1 aliphatic rings. The highest BCUT2D eigenvalue weighted by molar-refractivity contribution is 7.89. The lowest BCUT2D eigenvalue weighted by Gasteiger charge is -2.28. The van der Waals surface area contributed by atoms with Gasteiger partial charge in [0.15, 0.2) is 0 Å². The van der Waals surface area contributed by atoms with Gasteiger partial charge in [-0.25, -0.2) is 18.1 Å². The van der Waals surface area contributed by atoms with E-state index in [4.69, 9.17) is 14.2 Å². The number of anilines is 1. The van der Waals surface area contributed by atoms with E-state index in [9.17, 15) is 8.42 Å². The third-order valence-electron chi connectivity index (χ3n) is 4.79. The summed E-state index contributed by atoms with van der Waals surface area (Å²) in [7, 11) is -0.852. The van der Waals surface area contributed by atoms with Gasteiger partial charge in [-0.05, 0) is 38.3 Å². The number of nitrogens with zero attached hydrogens (tertiary/aromatic N) is 3. The Balaban J connectivity index is 1.60. The van der Waals surface area contributed by atoms with Crippen LogP contribution in [0.4, 0.5) is 5.82 Å². The highest BCUT2D eigenvalue weighted by atomic mass is 32.2. The molecule has 1 N–H and O–H groups in total. The Bertz CT molecular complexity index is 962. The van der Waals surface area contributed by atoms with Crippen LogP contribution in [0.2, 0.25) is 0 Å². The minimum Gasteiger partial charge on any atom is -0.497 e. The van der Waals surface area contributed by atoms with Gasteiger partial charge in [0.05, 0.1) is 14.2 Å². The number of piperidine rings is 1. The highest BCUT2D eigenvalue weighted by Gasteiger charge is 2.20. The number of sulfonamides is 1. The number of hydrogen-bond acceptors (Lipinski definition) is 8. The third kappa shape index (κ3) is 5.51.